The van der Waals surface area contributed by atoms with Crippen molar-refractivity contribution in [2.24, 2.45) is 0 Å². The third kappa shape index (κ3) is 5.55. The summed E-state index contributed by atoms with van der Waals surface area (Å²) >= 11 is 1.54. The van der Waals surface area contributed by atoms with Crippen LogP contribution in [0.4, 0.5) is 5.69 Å². The van der Waals surface area contributed by atoms with Gasteiger partial charge in [0.2, 0.25) is 0 Å². The Kier molecular flexibility index (Phi) is 6.38. The summed E-state index contributed by atoms with van der Waals surface area (Å²) in [5.74, 6) is 2.72. The molecule has 5 nitrogen and oxygen atoms in total. The lowest BCUT2D eigenvalue weighted by Gasteiger charge is -2.11. The lowest BCUT2D eigenvalue weighted by Crippen LogP contribution is -2.12. The van der Waals surface area contributed by atoms with E-state index in [0.29, 0.717) is 22.8 Å². The Morgan fingerprint density at radius 2 is 1.77 bits per heavy atom. The van der Waals surface area contributed by atoms with E-state index in [-0.39, 0.29) is 5.91 Å². The van der Waals surface area contributed by atoms with Crippen LogP contribution >= 0.6 is 11.8 Å². The Labute approximate surface area is 185 Å². The number of hydrogen-bond donors (Lipinski definition) is 1. The molecular formula is C25H22N2O3S. The maximum absolute atomic E-state index is 12.9. The fourth-order valence-electron chi connectivity index (χ4n) is 3.03. The number of aryl methyl sites for hydroxylation is 2. The van der Waals surface area contributed by atoms with Gasteiger partial charge in [-0.1, -0.05) is 29.4 Å². The molecule has 0 radical (unpaired) electrons. The smallest absolute Gasteiger partial charge is 0.256 e. The number of anilines is 1. The molecule has 0 unspecified atom stereocenters. The second-order valence-corrected chi connectivity index (χ2v) is 8.13. The van der Waals surface area contributed by atoms with Gasteiger partial charge in [-0.15, -0.1) is 11.8 Å². The standard InChI is InChI=1S/C25H22N2O3S/c1-17-6-5-7-21(14-17)29-20-12-10-19(11-13-20)26-25(28)23-8-3-4-9-24(23)31-16-22-15-18(2)27-30-22/h3-15H,16H2,1-2H3,(H,26,28). The summed E-state index contributed by atoms with van der Waals surface area (Å²) in [6, 6.07) is 24.6. The van der Waals surface area contributed by atoms with E-state index in [1.165, 1.54) is 0 Å². The summed E-state index contributed by atoms with van der Waals surface area (Å²) in [6.07, 6.45) is 0. The number of amides is 1. The molecule has 0 aliphatic rings. The number of hydrogen-bond acceptors (Lipinski definition) is 5. The largest absolute Gasteiger partial charge is 0.457 e. The summed E-state index contributed by atoms with van der Waals surface area (Å²) in [7, 11) is 0. The number of ether oxygens (including phenoxy) is 1. The number of nitrogens with zero attached hydrogens (tertiary/aromatic N) is 1. The highest BCUT2D eigenvalue weighted by Crippen LogP contribution is 2.28. The van der Waals surface area contributed by atoms with Crippen molar-refractivity contribution in [3.63, 3.8) is 0 Å². The molecule has 4 rings (SSSR count). The third-order valence-electron chi connectivity index (χ3n) is 4.52. The molecule has 0 atom stereocenters. The lowest BCUT2D eigenvalue weighted by atomic mass is 10.2. The minimum atomic E-state index is -0.163. The fourth-order valence-corrected chi connectivity index (χ4v) is 3.96. The molecule has 0 aliphatic heterocycles. The van der Waals surface area contributed by atoms with Gasteiger partial charge in [0.1, 0.15) is 17.3 Å². The van der Waals surface area contributed by atoms with E-state index >= 15 is 0 Å². The zero-order valence-electron chi connectivity index (χ0n) is 17.3. The number of aromatic nitrogens is 1. The maximum Gasteiger partial charge on any atom is 0.256 e. The van der Waals surface area contributed by atoms with Crippen LogP contribution in [-0.2, 0) is 5.75 Å². The van der Waals surface area contributed by atoms with Gasteiger partial charge in [0.25, 0.3) is 5.91 Å². The van der Waals surface area contributed by atoms with E-state index in [1.807, 2.05) is 92.7 Å². The van der Waals surface area contributed by atoms with Crippen molar-refractivity contribution in [2.45, 2.75) is 24.5 Å². The maximum atomic E-state index is 12.9. The normalized spacial score (nSPS) is 10.6. The molecule has 6 heteroatoms. The van der Waals surface area contributed by atoms with Crippen molar-refractivity contribution < 1.29 is 14.1 Å². The van der Waals surface area contributed by atoms with Crippen molar-refractivity contribution in [3.8, 4) is 11.5 Å². The van der Waals surface area contributed by atoms with Crippen LogP contribution in [-0.4, -0.2) is 11.1 Å². The van der Waals surface area contributed by atoms with Crippen LogP contribution in [0.3, 0.4) is 0 Å². The predicted octanol–water partition coefficient (Wildman–Crippen LogP) is 6.63. The van der Waals surface area contributed by atoms with E-state index in [4.69, 9.17) is 9.26 Å². The second kappa shape index (κ2) is 9.53. The lowest BCUT2D eigenvalue weighted by molar-refractivity contribution is 0.102. The first-order chi connectivity index (χ1) is 15.1. The second-order valence-electron chi connectivity index (χ2n) is 7.12. The Bertz CT molecular complexity index is 1190. The van der Waals surface area contributed by atoms with E-state index in [1.54, 1.807) is 11.8 Å². The van der Waals surface area contributed by atoms with Crippen molar-refractivity contribution in [2.75, 3.05) is 5.32 Å². The van der Waals surface area contributed by atoms with Crippen LogP contribution in [0.25, 0.3) is 0 Å². The predicted molar refractivity (Wildman–Crippen MR) is 123 cm³/mol. The molecule has 3 aromatic carbocycles. The van der Waals surface area contributed by atoms with Gasteiger partial charge in [-0.2, -0.15) is 0 Å². The van der Waals surface area contributed by atoms with Gasteiger partial charge >= 0.3 is 0 Å². The van der Waals surface area contributed by atoms with Gasteiger partial charge in [0.15, 0.2) is 0 Å². The Morgan fingerprint density at radius 1 is 0.968 bits per heavy atom. The topological polar surface area (TPSA) is 64.4 Å². The highest BCUT2D eigenvalue weighted by Gasteiger charge is 2.13. The molecule has 0 saturated carbocycles. The highest BCUT2D eigenvalue weighted by molar-refractivity contribution is 7.98. The van der Waals surface area contributed by atoms with Crippen LogP contribution in [0, 0.1) is 13.8 Å². The van der Waals surface area contributed by atoms with Crippen molar-refractivity contribution in [1.82, 2.24) is 5.16 Å². The van der Waals surface area contributed by atoms with Crippen LogP contribution in [0.5, 0.6) is 11.5 Å². The minimum absolute atomic E-state index is 0.163. The molecule has 156 valence electrons. The molecular weight excluding hydrogens is 408 g/mol. The van der Waals surface area contributed by atoms with Crippen LogP contribution in [0.1, 0.15) is 27.4 Å². The Hall–Kier alpha value is -3.51. The van der Waals surface area contributed by atoms with Crippen molar-refractivity contribution in [3.05, 3.63) is 101 Å². The van der Waals surface area contributed by atoms with Gasteiger partial charge in [0.05, 0.1) is 17.0 Å². The number of carbonyl (C=O) groups is 1. The van der Waals surface area contributed by atoms with Crippen molar-refractivity contribution in [1.29, 1.82) is 0 Å². The third-order valence-corrected chi connectivity index (χ3v) is 5.61. The molecule has 4 aromatic rings. The van der Waals surface area contributed by atoms with E-state index in [2.05, 4.69) is 10.5 Å². The number of benzene rings is 3. The fraction of sp³-hybridized carbons (Fsp3) is 0.120. The first-order valence-corrected chi connectivity index (χ1v) is 10.9. The number of thioether (sulfide) groups is 1. The molecule has 31 heavy (non-hydrogen) atoms. The first-order valence-electron chi connectivity index (χ1n) is 9.87. The molecule has 0 bridgehead atoms. The number of rotatable bonds is 7. The summed E-state index contributed by atoms with van der Waals surface area (Å²) in [5.41, 5.74) is 3.30. The quantitative estimate of drug-likeness (QED) is 0.333. The monoisotopic (exact) mass is 430 g/mol. The average molecular weight is 431 g/mol. The Balaban J connectivity index is 1.41. The zero-order valence-corrected chi connectivity index (χ0v) is 18.1. The SMILES string of the molecule is Cc1cccc(Oc2ccc(NC(=O)c3ccccc3SCc3cc(C)no3)cc2)c1. The zero-order chi connectivity index (χ0) is 21.6. The van der Waals surface area contributed by atoms with Crippen molar-refractivity contribution >= 4 is 23.4 Å². The molecule has 1 heterocycles. The van der Waals surface area contributed by atoms with Gasteiger partial charge in [0, 0.05) is 16.6 Å². The summed E-state index contributed by atoms with van der Waals surface area (Å²) in [6.45, 7) is 3.91. The van der Waals surface area contributed by atoms with Crippen LogP contribution in [0.15, 0.2) is 88.3 Å². The molecule has 0 fully saturated rings. The molecule has 0 spiro atoms. The summed E-state index contributed by atoms with van der Waals surface area (Å²) < 4.78 is 11.1. The van der Waals surface area contributed by atoms with Gasteiger partial charge in [-0.3, -0.25) is 4.79 Å². The molecule has 0 aliphatic carbocycles. The van der Waals surface area contributed by atoms with E-state index < -0.39 is 0 Å². The van der Waals surface area contributed by atoms with Gasteiger partial charge in [-0.05, 0) is 67.9 Å². The first kappa shape index (κ1) is 20.8. The average Bonchev–Trinajstić information content (AvgIpc) is 3.19. The summed E-state index contributed by atoms with van der Waals surface area (Å²) in [4.78, 5) is 13.8. The van der Waals surface area contributed by atoms with E-state index in [0.717, 1.165) is 27.7 Å². The highest BCUT2D eigenvalue weighted by atomic mass is 32.2. The summed E-state index contributed by atoms with van der Waals surface area (Å²) in [5, 5.41) is 6.86. The van der Waals surface area contributed by atoms with Crippen LogP contribution in [0.2, 0.25) is 0 Å². The molecule has 1 amide bonds. The number of carbonyl (C=O) groups excluding carboxylic acids is 1. The molecule has 0 saturated heterocycles. The van der Waals surface area contributed by atoms with Gasteiger partial charge < -0.3 is 14.6 Å². The van der Waals surface area contributed by atoms with Gasteiger partial charge in [-0.25, -0.2) is 0 Å². The van der Waals surface area contributed by atoms with E-state index in [9.17, 15) is 4.79 Å². The Morgan fingerprint density at radius 3 is 2.52 bits per heavy atom. The molecule has 1 N–H and O–H groups in total. The minimum Gasteiger partial charge on any atom is -0.457 e. The molecule has 1 aromatic heterocycles. The number of nitrogens with one attached hydrogen (secondary N) is 1. The van der Waals surface area contributed by atoms with Crippen LogP contribution < -0.4 is 10.1 Å².